The van der Waals surface area contributed by atoms with Crippen LogP contribution in [0.5, 0.6) is 23.0 Å². The quantitative estimate of drug-likeness (QED) is 0.0334. The van der Waals surface area contributed by atoms with Gasteiger partial charge < -0.3 is 46.3 Å². The number of nitrogens with zero attached hydrogens (tertiary/aromatic N) is 4. The summed E-state index contributed by atoms with van der Waals surface area (Å²) in [5, 5.41) is 30.0. The van der Waals surface area contributed by atoms with Crippen molar-refractivity contribution in [1.82, 2.24) is 10.3 Å². The van der Waals surface area contributed by atoms with Gasteiger partial charge >= 0.3 is 18.2 Å². The average Bonchev–Trinajstić information content (AvgIpc) is 3.84. The Hall–Kier alpha value is -7.87. The van der Waals surface area contributed by atoms with Crippen molar-refractivity contribution in [3.05, 3.63) is 155 Å². The molecule has 0 unspecified atom stereocenters. The van der Waals surface area contributed by atoms with Crippen molar-refractivity contribution in [3.8, 4) is 34.3 Å². The van der Waals surface area contributed by atoms with E-state index in [9.17, 15) is 33.0 Å². The number of nitrogens with two attached hydrogens (primary N) is 2. The number of likely N-dealkylation sites (N-methyl/N-ethyl adjacent to an activating group) is 1. The van der Waals surface area contributed by atoms with E-state index in [1.807, 2.05) is 6.07 Å². The zero-order valence-electron chi connectivity index (χ0n) is 35.5. The maximum Gasteiger partial charge on any atom is 0.416 e. The molecule has 342 valence electrons. The highest BCUT2D eigenvalue weighted by Gasteiger charge is 2.54. The van der Waals surface area contributed by atoms with Crippen molar-refractivity contribution >= 4 is 58.3 Å². The molecule has 9 N–H and O–H groups in total. The number of rotatable bonds is 8. The van der Waals surface area contributed by atoms with Gasteiger partial charge in [-0.2, -0.15) is 13.2 Å². The van der Waals surface area contributed by atoms with Gasteiger partial charge in [0.15, 0.2) is 11.4 Å². The lowest BCUT2D eigenvalue weighted by molar-refractivity contribution is -0.137. The van der Waals surface area contributed by atoms with Gasteiger partial charge in [0.25, 0.3) is 0 Å². The number of thiocarbonyl (C=S) groups is 1. The molecule has 1 fully saturated rings. The number of aromatic nitrogens is 1. The van der Waals surface area contributed by atoms with Gasteiger partial charge in [0, 0.05) is 77.3 Å². The number of amides is 2. The summed E-state index contributed by atoms with van der Waals surface area (Å²) in [7, 11) is 1.78. The molecular formula is C48H42F3N9O6S. The highest BCUT2D eigenvalue weighted by Crippen LogP contribution is 2.57. The molecule has 6 aromatic rings. The molecule has 1 atom stereocenters. The Labute approximate surface area is 387 Å². The molecule has 2 amide bonds. The summed E-state index contributed by atoms with van der Waals surface area (Å²) in [5.74, 6) is 6.79. The van der Waals surface area contributed by atoms with E-state index in [4.69, 9.17) is 33.3 Å². The SMILES string of the molecule is CNC/C(N)=C/N(N)c1cccc(NC(=O)N2c3nc(-c4cccc(C(F)(F)F)c4)ccc3N3CC[C@H]2C3)c1.O=C1OC2(c3ccc(O)cc3Oc3cc(O)ccc32)c2ccc(NC=S)cc21. The summed E-state index contributed by atoms with van der Waals surface area (Å²) in [5.41, 5.74) is 11.3. The van der Waals surface area contributed by atoms with Crippen LogP contribution in [0.1, 0.15) is 39.0 Å². The number of benzene rings is 5. The molecule has 0 saturated carbocycles. The number of phenols is 2. The van der Waals surface area contributed by atoms with Crippen LogP contribution in [0, 0.1) is 0 Å². The number of ether oxygens (including phenoxy) is 2. The molecule has 2 bridgehead atoms. The predicted octanol–water partition coefficient (Wildman–Crippen LogP) is 8.13. The summed E-state index contributed by atoms with van der Waals surface area (Å²) in [6, 6.07) is 29.6. The van der Waals surface area contributed by atoms with E-state index in [0.717, 1.165) is 30.8 Å². The second-order valence-corrected chi connectivity index (χ2v) is 16.3. The number of pyridine rings is 1. The first-order chi connectivity index (χ1) is 32.2. The van der Waals surface area contributed by atoms with Crippen LogP contribution >= 0.6 is 12.2 Å². The minimum Gasteiger partial charge on any atom is -0.508 e. The molecule has 5 aromatic carbocycles. The number of fused-ring (bicyclic) bond motifs is 10. The molecule has 15 nitrogen and oxygen atoms in total. The number of halogens is 3. The van der Waals surface area contributed by atoms with E-state index in [1.54, 1.807) is 84.9 Å². The maximum atomic E-state index is 13.6. The number of anilines is 5. The third-order valence-corrected chi connectivity index (χ3v) is 11.9. The fraction of sp³-hybridized carbons (Fsp3) is 0.167. The van der Waals surface area contributed by atoms with Crippen molar-refractivity contribution in [3.63, 3.8) is 0 Å². The van der Waals surface area contributed by atoms with Crippen LogP contribution in [0.25, 0.3) is 11.3 Å². The molecule has 5 heterocycles. The number of carbonyl (C=O) groups is 2. The monoisotopic (exact) mass is 929 g/mol. The first-order valence-corrected chi connectivity index (χ1v) is 21.4. The number of carbonyl (C=O) groups excluding carboxylic acids is 2. The molecule has 10 rings (SSSR count). The van der Waals surface area contributed by atoms with Gasteiger partial charge in [-0.15, -0.1) is 0 Å². The number of hydrazine groups is 1. The lowest BCUT2D eigenvalue weighted by atomic mass is 9.77. The van der Waals surface area contributed by atoms with Crippen LogP contribution in [-0.2, 0) is 16.5 Å². The van der Waals surface area contributed by atoms with E-state index in [0.29, 0.717) is 86.7 Å². The summed E-state index contributed by atoms with van der Waals surface area (Å²) in [4.78, 5) is 34.9. The van der Waals surface area contributed by atoms with Crippen molar-refractivity contribution in [2.45, 2.75) is 24.2 Å². The van der Waals surface area contributed by atoms with Crippen LogP contribution < -0.4 is 47.1 Å². The maximum absolute atomic E-state index is 13.6. The lowest BCUT2D eigenvalue weighted by Crippen LogP contribution is -2.48. The van der Waals surface area contributed by atoms with Crippen molar-refractivity contribution in [2.24, 2.45) is 11.6 Å². The van der Waals surface area contributed by atoms with Gasteiger partial charge in [-0.3, -0.25) is 9.91 Å². The third-order valence-electron chi connectivity index (χ3n) is 11.7. The minimum absolute atomic E-state index is 0.0163. The van der Waals surface area contributed by atoms with E-state index >= 15 is 0 Å². The average molecular weight is 930 g/mol. The Morgan fingerprint density at radius 2 is 1.66 bits per heavy atom. The summed E-state index contributed by atoms with van der Waals surface area (Å²) >= 11 is 4.82. The Balaban J connectivity index is 0.000000177. The molecule has 1 saturated heterocycles. The van der Waals surface area contributed by atoms with Crippen LogP contribution in [0.15, 0.2) is 127 Å². The largest absolute Gasteiger partial charge is 0.508 e. The predicted molar refractivity (Wildman–Crippen MR) is 251 cm³/mol. The van der Waals surface area contributed by atoms with Crippen LogP contribution in [0.4, 0.5) is 46.5 Å². The molecule has 67 heavy (non-hydrogen) atoms. The summed E-state index contributed by atoms with van der Waals surface area (Å²) in [6.45, 7) is 1.87. The Bertz CT molecular complexity index is 2940. The van der Waals surface area contributed by atoms with E-state index < -0.39 is 23.3 Å². The van der Waals surface area contributed by atoms with Crippen LogP contribution in [-0.4, -0.2) is 65.4 Å². The zero-order chi connectivity index (χ0) is 47.2. The second kappa shape index (κ2) is 17.5. The third kappa shape index (κ3) is 8.35. The second-order valence-electron chi connectivity index (χ2n) is 16.1. The molecule has 4 aliphatic rings. The fourth-order valence-corrected chi connectivity index (χ4v) is 8.92. The van der Waals surface area contributed by atoms with Gasteiger partial charge in [0.2, 0.25) is 0 Å². The molecule has 1 spiro atoms. The number of esters is 1. The molecular weight excluding hydrogens is 888 g/mol. The van der Waals surface area contributed by atoms with E-state index in [-0.39, 0.29) is 23.6 Å². The van der Waals surface area contributed by atoms with Crippen molar-refractivity contribution in [2.75, 3.05) is 52.1 Å². The zero-order valence-corrected chi connectivity index (χ0v) is 36.4. The number of phenolic OH excluding ortho intramolecular Hbond substituents is 2. The smallest absolute Gasteiger partial charge is 0.416 e. The Morgan fingerprint density at radius 1 is 0.940 bits per heavy atom. The number of hydrogen-bond acceptors (Lipinski definition) is 13. The van der Waals surface area contributed by atoms with Crippen molar-refractivity contribution in [1.29, 1.82) is 0 Å². The molecule has 1 aromatic heterocycles. The fourth-order valence-electron chi connectivity index (χ4n) is 8.78. The number of alkyl halides is 3. The number of nitrogens with one attached hydrogen (secondary N) is 3. The molecule has 0 radical (unpaired) electrons. The lowest BCUT2D eigenvalue weighted by Gasteiger charge is -2.36. The van der Waals surface area contributed by atoms with Gasteiger partial charge in [-0.05, 0) is 92.3 Å². The summed E-state index contributed by atoms with van der Waals surface area (Å²) in [6.07, 6.45) is -2.14. The molecule has 0 aliphatic carbocycles. The van der Waals surface area contributed by atoms with E-state index in [2.05, 4.69) is 25.8 Å². The number of aromatic hydroxyl groups is 2. The first-order valence-electron chi connectivity index (χ1n) is 20.9. The standard InChI is InChI=1S/C27H29F3N8O.C21H13NO5S/c1-33-14-19(31)15-37(32)21-7-3-6-20(13-21)34-26(39)38-22-10-11-36(16-22)24-9-8-23(35-25(24)38)17-4-2-5-18(12-17)27(28,29)30;23-12-2-5-16-18(8-12)26-19-9-13(24)3-6-17(19)21(16)15-4-1-11(22-10-28)7-14(15)20(25)27-21/h2-9,12-13,15,22,33H,10-11,14,16,31-32H2,1H3,(H,34,39);1-10,23-24H,(H,22,28)/b19-15-;/t22-;/m0./s1. The van der Waals surface area contributed by atoms with Gasteiger partial charge in [-0.25, -0.2) is 20.4 Å². The normalized spacial score (nSPS) is 16.0. The van der Waals surface area contributed by atoms with E-state index in [1.165, 1.54) is 40.8 Å². The minimum atomic E-state index is -4.47. The van der Waals surface area contributed by atoms with Gasteiger partial charge in [0.05, 0.1) is 39.7 Å². The van der Waals surface area contributed by atoms with Crippen LogP contribution in [0.2, 0.25) is 0 Å². The summed E-state index contributed by atoms with van der Waals surface area (Å²) < 4.78 is 51.8. The van der Waals surface area contributed by atoms with Gasteiger partial charge in [0.1, 0.15) is 23.0 Å². The number of hydrogen-bond donors (Lipinski definition) is 7. The Kier molecular flexibility index (Phi) is 11.6. The van der Waals surface area contributed by atoms with Crippen molar-refractivity contribution < 1.29 is 42.4 Å². The molecule has 4 aliphatic heterocycles. The highest BCUT2D eigenvalue weighted by molar-refractivity contribution is 7.79. The first kappa shape index (κ1) is 44.3. The molecule has 19 heteroatoms. The van der Waals surface area contributed by atoms with Crippen LogP contribution in [0.3, 0.4) is 0 Å². The Morgan fingerprint density at radius 3 is 2.36 bits per heavy atom. The van der Waals surface area contributed by atoms with Gasteiger partial charge in [-0.1, -0.05) is 36.5 Å². The highest BCUT2D eigenvalue weighted by atomic mass is 32.1. The number of urea groups is 1. The topological polar surface area (TPSA) is 204 Å².